The van der Waals surface area contributed by atoms with Crippen LogP contribution < -0.4 is 4.90 Å². The molecule has 1 aromatic heterocycles. The standard InChI is InChI=1S/C12H17ClN2O2/c1-8-11(3-4-17-8)15(2)12-5-9(7-16)10(13)6-14-12/h5-6,8,11,16H,3-4,7H2,1-2H3. The number of aromatic nitrogens is 1. The number of likely N-dealkylation sites (N-methyl/N-ethyl adjacent to an activating group) is 1. The molecule has 0 spiro atoms. The Bertz CT molecular complexity index is 400. The van der Waals surface area contributed by atoms with Crippen LogP contribution in [0.25, 0.3) is 0 Å². The minimum Gasteiger partial charge on any atom is -0.392 e. The lowest BCUT2D eigenvalue weighted by molar-refractivity contribution is 0.118. The van der Waals surface area contributed by atoms with Crippen molar-refractivity contribution in [2.75, 3.05) is 18.6 Å². The molecule has 1 N–H and O–H groups in total. The van der Waals surface area contributed by atoms with Crippen LogP contribution in [0, 0.1) is 0 Å². The van der Waals surface area contributed by atoms with Crippen molar-refractivity contribution in [1.29, 1.82) is 0 Å². The SMILES string of the molecule is CC1OCCC1N(C)c1cc(CO)c(Cl)cn1. The Labute approximate surface area is 106 Å². The Hall–Kier alpha value is -0.840. The number of halogens is 1. The summed E-state index contributed by atoms with van der Waals surface area (Å²) in [5.41, 5.74) is 0.704. The van der Waals surface area contributed by atoms with Gasteiger partial charge in [-0.25, -0.2) is 4.98 Å². The average Bonchev–Trinajstić information content (AvgIpc) is 2.75. The number of anilines is 1. The van der Waals surface area contributed by atoms with Crippen molar-refractivity contribution in [2.45, 2.75) is 32.1 Å². The van der Waals surface area contributed by atoms with Crippen molar-refractivity contribution < 1.29 is 9.84 Å². The van der Waals surface area contributed by atoms with Crippen LogP contribution in [-0.2, 0) is 11.3 Å². The second-order valence-electron chi connectivity index (χ2n) is 4.33. The molecular weight excluding hydrogens is 240 g/mol. The smallest absolute Gasteiger partial charge is 0.129 e. The van der Waals surface area contributed by atoms with Gasteiger partial charge in [0.05, 0.1) is 23.8 Å². The third-order valence-corrected chi connectivity index (χ3v) is 3.63. The van der Waals surface area contributed by atoms with Crippen molar-refractivity contribution in [3.8, 4) is 0 Å². The molecular formula is C12H17ClN2O2. The first-order chi connectivity index (χ1) is 8.13. The van der Waals surface area contributed by atoms with Gasteiger partial charge in [-0.05, 0) is 19.4 Å². The second-order valence-corrected chi connectivity index (χ2v) is 4.74. The molecule has 0 amide bonds. The van der Waals surface area contributed by atoms with Crippen LogP contribution in [0.5, 0.6) is 0 Å². The molecule has 0 saturated carbocycles. The molecule has 2 heterocycles. The predicted octanol–water partition coefficient (Wildman–Crippen LogP) is 1.84. The number of rotatable bonds is 3. The maximum Gasteiger partial charge on any atom is 0.129 e. The van der Waals surface area contributed by atoms with Crippen LogP contribution in [0.4, 0.5) is 5.82 Å². The highest BCUT2D eigenvalue weighted by atomic mass is 35.5. The van der Waals surface area contributed by atoms with Crippen molar-refractivity contribution in [2.24, 2.45) is 0 Å². The highest BCUT2D eigenvalue weighted by Gasteiger charge is 2.28. The summed E-state index contributed by atoms with van der Waals surface area (Å²) in [5, 5.41) is 9.69. The fourth-order valence-corrected chi connectivity index (χ4v) is 2.34. The Morgan fingerprint density at radius 1 is 1.65 bits per heavy atom. The van der Waals surface area contributed by atoms with Crippen molar-refractivity contribution in [3.05, 3.63) is 22.8 Å². The van der Waals surface area contributed by atoms with E-state index in [-0.39, 0.29) is 12.7 Å². The Kier molecular flexibility index (Phi) is 3.86. The van der Waals surface area contributed by atoms with Gasteiger partial charge in [-0.15, -0.1) is 0 Å². The number of pyridine rings is 1. The molecule has 1 aliphatic rings. The van der Waals surface area contributed by atoms with Gasteiger partial charge in [0.1, 0.15) is 5.82 Å². The molecule has 4 nitrogen and oxygen atoms in total. The molecule has 2 unspecified atom stereocenters. The topological polar surface area (TPSA) is 45.6 Å². The summed E-state index contributed by atoms with van der Waals surface area (Å²) in [6.45, 7) is 2.78. The molecule has 0 bridgehead atoms. The van der Waals surface area contributed by atoms with Gasteiger partial charge in [-0.2, -0.15) is 0 Å². The zero-order chi connectivity index (χ0) is 12.4. The van der Waals surface area contributed by atoms with E-state index < -0.39 is 0 Å². The molecule has 94 valence electrons. The summed E-state index contributed by atoms with van der Waals surface area (Å²) in [6, 6.07) is 2.16. The van der Waals surface area contributed by atoms with Gasteiger partial charge in [0.15, 0.2) is 0 Å². The lowest BCUT2D eigenvalue weighted by Crippen LogP contribution is -2.37. The van der Waals surface area contributed by atoms with Gasteiger partial charge in [0.2, 0.25) is 0 Å². The molecule has 0 aromatic carbocycles. The molecule has 1 fully saturated rings. The minimum atomic E-state index is -0.0705. The van der Waals surface area contributed by atoms with Crippen LogP contribution in [-0.4, -0.2) is 35.9 Å². The van der Waals surface area contributed by atoms with Gasteiger partial charge < -0.3 is 14.7 Å². The molecule has 17 heavy (non-hydrogen) atoms. The van der Waals surface area contributed by atoms with Crippen LogP contribution in [0.2, 0.25) is 5.02 Å². The van der Waals surface area contributed by atoms with E-state index in [1.807, 2.05) is 13.1 Å². The normalized spacial score (nSPS) is 24.0. The first-order valence-electron chi connectivity index (χ1n) is 5.73. The molecule has 0 aliphatic carbocycles. The second kappa shape index (κ2) is 5.21. The largest absolute Gasteiger partial charge is 0.392 e. The minimum absolute atomic E-state index is 0.0705. The van der Waals surface area contributed by atoms with Crippen molar-refractivity contribution in [1.82, 2.24) is 4.98 Å². The number of aliphatic hydroxyl groups is 1. The van der Waals surface area contributed by atoms with E-state index in [1.54, 1.807) is 6.20 Å². The Morgan fingerprint density at radius 3 is 3.00 bits per heavy atom. The third-order valence-electron chi connectivity index (χ3n) is 3.29. The molecule has 0 radical (unpaired) electrons. The predicted molar refractivity (Wildman–Crippen MR) is 67.4 cm³/mol. The molecule has 2 rings (SSSR count). The quantitative estimate of drug-likeness (QED) is 0.897. The maximum absolute atomic E-state index is 9.19. The first kappa shape index (κ1) is 12.6. The van der Waals surface area contributed by atoms with Gasteiger partial charge >= 0.3 is 0 Å². The highest BCUT2D eigenvalue weighted by Crippen LogP contribution is 2.25. The Balaban J connectivity index is 2.21. The highest BCUT2D eigenvalue weighted by molar-refractivity contribution is 6.31. The molecule has 1 aromatic rings. The third kappa shape index (κ3) is 2.54. The van der Waals surface area contributed by atoms with E-state index in [0.717, 1.165) is 18.8 Å². The molecule has 2 atom stereocenters. The van der Waals surface area contributed by atoms with Crippen molar-refractivity contribution >= 4 is 17.4 Å². The Morgan fingerprint density at radius 2 is 2.41 bits per heavy atom. The summed E-state index contributed by atoms with van der Waals surface area (Å²) in [5.74, 6) is 0.820. The fourth-order valence-electron chi connectivity index (χ4n) is 2.18. The van der Waals surface area contributed by atoms with Gasteiger partial charge in [-0.3, -0.25) is 0 Å². The van der Waals surface area contributed by atoms with E-state index in [9.17, 15) is 5.11 Å². The number of nitrogens with zero attached hydrogens (tertiary/aromatic N) is 2. The molecule has 5 heteroatoms. The molecule has 1 saturated heterocycles. The van der Waals surface area contributed by atoms with Crippen molar-refractivity contribution in [3.63, 3.8) is 0 Å². The lowest BCUT2D eigenvalue weighted by atomic mass is 10.1. The monoisotopic (exact) mass is 256 g/mol. The van der Waals surface area contributed by atoms with E-state index in [0.29, 0.717) is 16.6 Å². The number of ether oxygens (including phenoxy) is 1. The van der Waals surface area contributed by atoms with Crippen LogP contribution >= 0.6 is 11.6 Å². The van der Waals surface area contributed by atoms with Crippen LogP contribution in [0.3, 0.4) is 0 Å². The van der Waals surface area contributed by atoms with E-state index in [4.69, 9.17) is 16.3 Å². The first-order valence-corrected chi connectivity index (χ1v) is 6.11. The maximum atomic E-state index is 9.19. The molecule has 1 aliphatic heterocycles. The van der Waals surface area contributed by atoms with E-state index >= 15 is 0 Å². The fraction of sp³-hybridized carbons (Fsp3) is 0.583. The summed E-state index contributed by atoms with van der Waals surface area (Å²) in [4.78, 5) is 6.38. The van der Waals surface area contributed by atoms with E-state index in [1.165, 1.54) is 0 Å². The number of aliphatic hydroxyl groups excluding tert-OH is 1. The average molecular weight is 257 g/mol. The van der Waals surface area contributed by atoms with Crippen LogP contribution in [0.1, 0.15) is 18.9 Å². The van der Waals surface area contributed by atoms with E-state index in [2.05, 4.69) is 16.8 Å². The van der Waals surface area contributed by atoms with Gasteiger partial charge in [0, 0.05) is 25.4 Å². The summed E-state index contributed by atoms with van der Waals surface area (Å²) in [6.07, 6.45) is 2.78. The number of hydrogen-bond donors (Lipinski definition) is 1. The number of hydrogen-bond acceptors (Lipinski definition) is 4. The zero-order valence-corrected chi connectivity index (χ0v) is 10.8. The van der Waals surface area contributed by atoms with Gasteiger partial charge in [-0.1, -0.05) is 11.6 Å². The van der Waals surface area contributed by atoms with Crippen LogP contribution in [0.15, 0.2) is 12.3 Å². The summed E-state index contributed by atoms with van der Waals surface area (Å²) in [7, 11) is 1.99. The summed E-state index contributed by atoms with van der Waals surface area (Å²) < 4.78 is 5.54. The van der Waals surface area contributed by atoms with Gasteiger partial charge in [0.25, 0.3) is 0 Å². The lowest BCUT2D eigenvalue weighted by Gasteiger charge is -2.28. The zero-order valence-electron chi connectivity index (χ0n) is 10.1. The summed E-state index contributed by atoms with van der Waals surface area (Å²) >= 11 is 5.92.